The van der Waals surface area contributed by atoms with Gasteiger partial charge in [0, 0.05) is 38.3 Å². The second-order valence-corrected chi connectivity index (χ2v) is 13.0. The van der Waals surface area contributed by atoms with Gasteiger partial charge in [0.05, 0.1) is 58.5 Å². The van der Waals surface area contributed by atoms with Gasteiger partial charge in [-0.3, -0.25) is 4.79 Å². The van der Waals surface area contributed by atoms with E-state index in [1.807, 2.05) is 12.1 Å². The zero-order valence-electron chi connectivity index (χ0n) is 29.7. The third-order valence-electron chi connectivity index (χ3n) is 9.45. The van der Waals surface area contributed by atoms with Crippen LogP contribution in [0.25, 0.3) is 16.3 Å². The van der Waals surface area contributed by atoms with Crippen LogP contribution in [0.15, 0.2) is 48.2 Å². The first-order valence-electron chi connectivity index (χ1n) is 17.6. The molecule has 2 saturated heterocycles. The number of hydrogen-bond donors (Lipinski definition) is 3. The van der Waals surface area contributed by atoms with Gasteiger partial charge in [-0.2, -0.15) is 5.26 Å². The van der Waals surface area contributed by atoms with E-state index in [0.29, 0.717) is 37.7 Å². The van der Waals surface area contributed by atoms with Crippen molar-refractivity contribution in [3.05, 3.63) is 59.4 Å². The van der Waals surface area contributed by atoms with E-state index in [0.717, 1.165) is 29.4 Å². The number of methoxy groups -OCH3 is 1. The van der Waals surface area contributed by atoms with E-state index in [4.69, 9.17) is 23.7 Å². The Hall–Kier alpha value is -3.94. The van der Waals surface area contributed by atoms with Crippen molar-refractivity contribution in [3.8, 4) is 6.07 Å². The molecule has 0 radical (unpaired) electrons. The molecule has 0 spiro atoms. The smallest absolute Gasteiger partial charge is 0.262 e. The third-order valence-corrected chi connectivity index (χ3v) is 9.45. The molecule has 0 bridgehead atoms. The number of aliphatic hydroxyl groups is 2. The molecule has 2 aliphatic rings. The Labute approximate surface area is 298 Å². The van der Waals surface area contributed by atoms with Crippen molar-refractivity contribution in [2.45, 2.75) is 70.9 Å². The molecule has 2 aliphatic heterocycles. The average molecular weight is 707 g/mol. The standard InChI is InChI=1S/C37H50N6O8/c1-25(27-7-8-29-20-31(10-9-28(29)19-27)42-12-5-4-6-13-42)32(21-38)36(46)39-11-14-48-15-16-49-17-18-50-24-30-22-43(41-40-30)23-33-34(44)26(2)35(45)37(47-3)51-33/h7-10,19-20,22,26,33-35,37,44-45H,4-6,11-18,23-24H2,1-3H3,(H,39,46)/b32-25+/t26-,33+,34-,35+,37-/m0/s1. The summed E-state index contributed by atoms with van der Waals surface area (Å²) in [4.78, 5) is 15.3. The Kier molecular flexibility index (Phi) is 14.3. The van der Waals surface area contributed by atoms with Gasteiger partial charge in [0.1, 0.15) is 29.5 Å². The van der Waals surface area contributed by atoms with Gasteiger partial charge in [-0.1, -0.05) is 30.3 Å². The first kappa shape index (κ1) is 38.3. The van der Waals surface area contributed by atoms with E-state index in [-0.39, 0.29) is 31.9 Å². The molecular weight excluding hydrogens is 656 g/mol. The Morgan fingerprint density at radius 2 is 1.71 bits per heavy atom. The molecule has 3 N–H and O–H groups in total. The maximum atomic E-state index is 12.8. The topological polar surface area (TPSA) is 173 Å². The number of aliphatic hydroxyl groups excluding tert-OH is 2. The lowest BCUT2D eigenvalue weighted by Gasteiger charge is -2.40. The highest BCUT2D eigenvalue weighted by Gasteiger charge is 2.42. The van der Waals surface area contributed by atoms with Crippen molar-refractivity contribution < 1.29 is 38.7 Å². The zero-order valence-corrected chi connectivity index (χ0v) is 29.7. The van der Waals surface area contributed by atoms with E-state index < -0.39 is 36.4 Å². The fraction of sp³-hybridized carbons (Fsp3) is 0.568. The number of carbonyl (C=O) groups excluding carboxylic acids is 1. The van der Waals surface area contributed by atoms with Crippen LogP contribution in [0.2, 0.25) is 0 Å². The molecule has 1 aromatic heterocycles. The fourth-order valence-electron chi connectivity index (χ4n) is 6.35. The minimum Gasteiger partial charge on any atom is -0.390 e. The molecule has 3 aromatic rings. The number of nitrogens with one attached hydrogen (secondary N) is 1. The number of nitriles is 1. The van der Waals surface area contributed by atoms with Gasteiger partial charge in [-0.25, -0.2) is 4.68 Å². The van der Waals surface area contributed by atoms with Gasteiger partial charge in [-0.05, 0) is 66.3 Å². The van der Waals surface area contributed by atoms with Crippen molar-refractivity contribution >= 4 is 27.9 Å². The highest BCUT2D eigenvalue weighted by atomic mass is 16.7. The van der Waals surface area contributed by atoms with E-state index in [1.165, 1.54) is 32.1 Å². The fourth-order valence-corrected chi connectivity index (χ4v) is 6.35. The van der Waals surface area contributed by atoms with E-state index in [9.17, 15) is 20.3 Å². The zero-order chi connectivity index (χ0) is 36.2. The molecule has 2 fully saturated rings. The summed E-state index contributed by atoms with van der Waals surface area (Å²) in [5, 5.41) is 43.6. The quantitative estimate of drug-likeness (QED) is 0.107. The lowest BCUT2D eigenvalue weighted by Crippen LogP contribution is -2.54. The number of ether oxygens (including phenoxy) is 5. The molecule has 2 aromatic carbocycles. The molecule has 5 atom stereocenters. The number of carbonyl (C=O) groups is 1. The van der Waals surface area contributed by atoms with Gasteiger partial charge in [0.2, 0.25) is 0 Å². The van der Waals surface area contributed by atoms with Gasteiger partial charge >= 0.3 is 0 Å². The normalized spacial score (nSPS) is 22.8. The molecule has 5 rings (SSSR count). The Morgan fingerprint density at radius 3 is 2.45 bits per heavy atom. The monoisotopic (exact) mass is 706 g/mol. The van der Waals surface area contributed by atoms with Crippen molar-refractivity contribution in [1.29, 1.82) is 5.26 Å². The summed E-state index contributed by atoms with van der Waals surface area (Å²) in [5.41, 5.74) is 3.40. The summed E-state index contributed by atoms with van der Waals surface area (Å²) >= 11 is 0. The van der Waals surface area contributed by atoms with E-state index >= 15 is 0 Å². The summed E-state index contributed by atoms with van der Waals surface area (Å²) in [6.45, 7) is 8.16. The number of piperidine rings is 1. The van der Waals surface area contributed by atoms with Crippen molar-refractivity contribution in [2.75, 3.05) is 64.7 Å². The van der Waals surface area contributed by atoms with Crippen LogP contribution in [-0.2, 0) is 41.6 Å². The van der Waals surface area contributed by atoms with E-state index in [2.05, 4.69) is 50.9 Å². The Bertz CT molecular complexity index is 1650. The van der Waals surface area contributed by atoms with Gasteiger partial charge < -0.3 is 44.1 Å². The van der Waals surface area contributed by atoms with Crippen LogP contribution in [0.4, 0.5) is 5.69 Å². The molecule has 51 heavy (non-hydrogen) atoms. The van der Waals surface area contributed by atoms with Crippen LogP contribution < -0.4 is 10.2 Å². The summed E-state index contributed by atoms with van der Waals surface area (Å²) in [5.74, 6) is -0.844. The van der Waals surface area contributed by atoms with Gasteiger partial charge in [0.15, 0.2) is 6.29 Å². The number of amides is 1. The maximum Gasteiger partial charge on any atom is 0.262 e. The first-order chi connectivity index (χ1) is 24.8. The Balaban J connectivity index is 0.941. The number of aromatic nitrogens is 3. The number of nitrogens with zero attached hydrogens (tertiary/aromatic N) is 5. The number of anilines is 1. The molecule has 3 heterocycles. The van der Waals surface area contributed by atoms with Crippen LogP contribution >= 0.6 is 0 Å². The lowest BCUT2D eigenvalue weighted by molar-refractivity contribution is -0.277. The van der Waals surface area contributed by atoms with Crippen molar-refractivity contribution in [1.82, 2.24) is 20.3 Å². The Morgan fingerprint density at radius 1 is 1.00 bits per heavy atom. The van der Waals surface area contributed by atoms with Gasteiger partial charge in [0.25, 0.3) is 5.91 Å². The molecule has 0 saturated carbocycles. The third kappa shape index (κ3) is 10.3. The minimum atomic E-state index is -0.917. The highest BCUT2D eigenvalue weighted by molar-refractivity contribution is 6.05. The SMILES string of the molecule is CO[C@H]1O[C@H](Cn2cc(COCCOCCOCCNC(=O)/C(C#N)=C(\C)c3ccc4cc(N5CCCCC5)ccc4c3)nn2)[C@@H](O)[C@H](C)[C@H]1O. The molecule has 1 amide bonds. The number of fused-ring (bicyclic) bond motifs is 1. The number of benzene rings is 2. The van der Waals surface area contributed by atoms with Crippen LogP contribution in [0.5, 0.6) is 0 Å². The second kappa shape index (κ2) is 19.1. The lowest BCUT2D eigenvalue weighted by atomic mass is 9.90. The second-order valence-electron chi connectivity index (χ2n) is 13.0. The van der Waals surface area contributed by atoms with Crippen LogP contribution in [0.1, 0.15) is 44.4 Å². The predicted octanol–water partition coefficient (Wildman–Crippen LogP) is 2.81. The summed E-state index contributed by atoms with van der Waals surface area (Å²) in [6, 6.07) is 14.6. The predicted molar refractivity (Wildman–Crippen MR) is 189 cm³/mol. The van der Waals surface area contributed by atoms with E-state index in [1.54, 1.807) is 24.7 Å². The average Bonchev–Trinajstić information content (AvgIpc) is 3.61. The molecule has 14 heteroatoms. The summed E-state index contributed by atoms with van der Waals surface area (Å²) in [7, 11) is 1.45. The van der Waals surface area contributed by atoms with Crippen molar-refractivity contribution in [2.24, 2.45) is 5.92 Å². The summed E-state index contributed by atoms with van der Waals surface area (Å²) < 4.78 is 29.2. The van der Waals surface area contributed by atoms with Crippen LogP contribution in [-0.4, -0.2) is 115 Å². The van der Waals surface area contributed by atoms with Crippen LogP contribution in [0, 0.1) is 17.2 Å². The van der Waals surface area contributed by atoms with Crippen LogP contribution in [0.3, 0.4) is 0 Å². The maximum absolute atomic E-state index is 12.8. The van der Waals surface area contributed by atoms with Gasteiger partial charge in [-0.15, -0.1) is 5.10 Å². The number of hydrogen-bond acceptors (Lipinski definition) is 12. The number of allylic oxidation sites excluding steroid dienone is 1. The molecule has 0 aliphatic carbocycles. The number of rotatable bonds is 17. The first-order valence-corrected chi connectivity index (χ1v) is 17.6. The molecule has 14 nitrogen and oxygen atoms in total. The molecular formula is C37H50N6O8. The molecule has 276 valence electrons. The minimum absolute atomic E-state index is 0.0813. The van der Waals surface area contributed by atoms with Crippen molar-refractivity contribution in [3.63, 3.8) is 0 Å². The highest BCUT2D eigenvalue weighted by Crippen LogP contribution is 2.29. The summed E-state index contributed by atoms with van der Waals surface area (Å²) in [6.07, 6.45) is 2.24. The largest absolute Gasteiger partial charge is 0.390 e. The molecule has 0 unspecified atom stereocenters.